The number of aromatic nitrogens is 4. The highest BCUT2D eigenvalue weighted by Gasteiger charge is 2.68. The van der Waals surface area contributed by atoms with E-state index < -0.39 is 45.3 Å². The van der Waals surface area contributed by atoms with Crippen LogP contribution in [0.3, 0.4) is 0 Å². The predicted octanol–water partition coefficient (Wildman–Crippen LogP) is 15.6. The van der Waals surface area contributed by atoms with E-state index in [0.717, 1.165) is 144 Å². The first kappa shape index (κ1) is 56.3. The molecule has 3 aromatic heterocycles. The molecule has 430 valence electrons. The number of aromatic amines is 2. The van der Waals surface area contributed by atoms with Gasteiger partial charge >= 0.3 is 23.9 Å². The Kier molecular flexibility index (Phi) is 16.0. The molecule has 11 rings (SSSR count). The van der Waals surface area contributed by atoms with E-state index in [0.29, 0.717) is 26.4 Å². The second-order valence-corrected chi connectivity index (χ2v) is 27.5. The van der Waals surface area contributed by atoms with E-state index in [1.54, 1.807) is 0 Å². The second kappa shape index (κ2) is 22.7. The van der Waals surface area contributed by atoms with Crippen molar-refractivity contribution in [2.24, 2.45) is 45.3 Å². The normalized spacial score (nSPS) is 30.1. The maximum Gasteiger partial charge on any atom is 0.310 e. The van der Waals surface area contributed by atoms with Gasteiger partial charge in [-0.1, -0.05) is 158 Å². The summed E-state index contributed by atoms with van der Waals surface area (Å²) in [6.07, 6.45) is 29.8. The number of esters is 4. The summed E-state index contributed by atoms with van der Waals surface area (Å²) in [7, 11) is 0. The van der Waals surface area contributed by atoms with E-state index >= 15 is 0 Å². The van der Waals surface area contributed by atoms with Crippen molar-refractivity contribution in [3.05, 3.63) is 69.3 Å². The molecule has 4 saturated carbocycles. The van der Waals surface area contributed by atoms with Crippen LogP contribution in [0.4, 0.5) is 0 Å². The van der Waals surface area contributed by atoms with Gasteiger partial charge in [0.05, 0.1) is 72.9 Å². The molecular weight excluding hydrogens is 1000 g/mol. The third kappa shape index (κ3) is 10.9. The quantitative estimate of drug-likeness (QED) is 0.113. The van der Waals surface area contributed by atoms with Crippen molar-refractivity contribution in [3.63, 3.8) is 0 Å². The number of hydrogen-bond acceptors (Lipinski definition) is 10. The van der Waals surface area contributed by atoms with E-state index in [9.17, 15) is 19.2 Å². The van der Waals surface area contributed by atoms with Crippen molar-refractivity contribution in [2.75, 3.05) is 26.4 Å². The first-order chi connectivity index (χ1) is 38.5. The summed E-state index contributed by atoms with van der Waals surface area (Å²) in [6.45, 7) is 18.9. The summed E-state index contributed by atoms with van der Waals surface area (Å²) in [6, 6.07) is 8.43. The standard InChI is InChI=1S/C68H90N4O8/c1-65(2)53-49-41-29-30-42(69-41)50(54-58(66(54,3)4)62(74)78-38-26-22-18-14-10-9-13-17-21-25-37-77-61(73)57(53)65)47-35-36-48(72-47)52-44-32-31-43(70-44)51(46-34-33-45(49)71-46)55-59(67(55,5)6)63(75)79-39-27-23-19-15-11-12-16-20-24-28-40-80-64(76)60-56(52)68(60,7)8/h29-36,53-60,71-72H,9-28,37-40H2,1-8H3/t53?,54?,55?,56?,57-,58-,59-,60-/m0/s1. The molecule has 12 bridgehead atoms. The lowest BCUT2D eigenvalue weighted by molar-refractivity contribution is -0.147. The Morgan fingerprint density at radius 3 is 0.700 bits per heavy atom. The summed E-state index contributed by atoms with van der Waals surface area (Å²) < 4.78 is 24.6. The van der Waals surface area contributed by atoms with Gasteiger partial charge in [0.15, 0.2) is 0 Å². The molecule has 0 amide bonds. The van der Waals surface area contributed by atoms with Gasteiger partial charge in [-0.15, -0.1) is 0 Å². The molecule has 12 nitrogen and oxygen atoms in total. The lowest BCUT2D eigenvalue weighted by Crippen LogP contribution is -2.11. The third-order valence-corrected chi connectivity index (χ3v) is 20.5. The van der Waals surface area contributed by atoms with Crippen molar-refractivity contribution in [3.8, 4) is 0 Å². The lowest BCUT2D eigenvalue weighted by atomic mass is 10.0. The number of H-pyrrole nitrogens is 2. The number of nitrogens with one attached hydrogen (secondary N) is 2. The van der Waals surface area contributed by atoms with E-state index in [4.69, 9.17) is 28.9 Å². The van der Waals surface area contributed by atoms with E-state index in [-0.39, 0.29) is 47.5 Å². The van der Waals surface area contributed by atoms with Crippen LogP contribution in [0.1, 0.15) is 253 Å². The molecule has 4 fully saturated rings. The van der Waals surface area contributed by atoms with E-state index in [2.05, 4.69) is 114 Å². The van der Waals surface area contributed by atoms with Crippen LogP contribution in [0.2, 0.25) is 0 Å². The minimum Gasteiger partial charge on any atom is -0.465 e. The van der Waals surface area contributed by atoms with Crippen LogP contribution in [-0.4, -0.2) is 70.2 Å². The number of carbonyl (C=O) groups excluding carboxylic acids is 4. The minimum absolute atomic E-state index is 0.177. The van der Waals surface area contributed by atoms with Crippen LogP contribution in [0.25, 0.3) is 46.4 Å². The fraction of sp³-hybridized carbons (Fsp3) is 0.647. The largest absolute Gasteiger partial charge is 0.465 e. The molecule has 4 aliphatic heterocycles. The highest BCUT2D eigenvalue weighted by molar-refractivity contribution is 5.91. The van der Waals surface area contributed by atoms with Gasteiger partial charge in [-0.2, -0.15) is 0 Å². The number of carbonyl (C=O) groups is 4. The van der Waals surface area contributed by atoms with Crippen molar-refractivity contribution >= 4 is 70.2 Å². The Balaban J connectivity index is 1.11. The van der Waals surface area contributed by atoms with E-state index in [1.807, 2.05) is 0 Å². The molecule has 0 radical (unpaired) electrons. The SMILES string of the molecule is CC1(C)C2c3c4nc(c(c5ccc([nH]5)c5c6nc(c(c7ccc3[nH]7)C3[C@@H](C(=O)OCCCCCCCCCCCCOC(=O)[C@@H]7C5C7(C)C)C3(C)C)C=C6)C3[C@@H](C(=O)OCCCCCCCCCCCCOC(=O)[C@H]21)C3(C)C)C=C4. The molecule has 7 heterocycles. The average molecular weight is 1090 g/mol. The number of nitrogens with zero attached hydrogens (tertiary/aromatic N) is 2. The number of cyclic esters (lactones) is 4. The molecule has 0 saturated heterocycles. The Morgan fingerprint density at radius 2 is 0.500 bits per heavy atom. The lowest BCUT2D eigenvalue weighted by Gasteiger charge is -2.08. The summed E-state index contributed by atoms with van der Waals surface area (Å²) >= 11 is 0. The van der Waals surface area contributed by atoms with Crippen LogP contribution < -0.4 is 0 Å². The molecular formula is C68H90N4O8. The molecule has 2 N–H and O–H groups in total. The van der Waals surface area contributed by atoms with Crippen molar-refractivity contribution in [2.45, 2.75) is 207 Å². The van der Waals surface area contributed by atoms with Gasteiger partial charge < -0.3 is 28.9 Å². The van der Waals surface area contributed by atoms with Gasteiger partial charge in [0, 0.05) is 68.0 Å². The average Bonchev–Trinajstić information content (AvgIpc) is 4.23. The first-order valence-corrected chi connectivity index (χ1v) is 31.3. The summed E-state index contributed by atoms with van der Waals surface area (Å²) in [5.74, 6) is -3.19. The van der Waals surface area contributed by atoms with E-state index in [1.165, 1.54) is 51.4 Å². The van der Waals surface area contributed by atoms with Crippen molar-refractivity contribution < 1.29 is 38.1 Å². The topological polar surface area (TPSA) is 163 Å². The molecule has 4 unspecified atom stereocenters. The van der Waals surface area contributed by atoms with Gasteiger partial charge in [0.25, 0.3) is 0 Å². The molecule has 8 aliphatic rings. The fourth-order valence-corrected chi connectivity index (χ4v) is 15.4. The monoisotopic (exact) mass is 1090 g/mol. The summed E-state index contributed by atoms with van der Waals surface area (Å²) in [5.41, 5.74) is 8.29. The zero-order valence-corrected chi connectivity index (χ0v) is 49.4. The predicted molar refractivity (Wildman–Crippen MR) is 315 cm³/mol. The second-order valence-electron chi connectivity index (χ2n) is 27.5. The van der Waals surface area contributed by atoms with Crippen molar-refractivity contribution in [1.82, 2.24) is 19.9 Å². The molecule has 12 heteroatoms. The highest BCUT2D eigenvalue weighted by Crippen LogP contribution is 2.70. The van der Waals surface area contributed by atoms with Crippen LogP contribution in [-0.2, 0) is 38.1 Å². The highest BCUT2D eigenvalue weighted by atomic mass is 16.5. The zero-order chi connectivity index (χ0) is 56.1. The molecule has 0 aromatic carbocycles. The third-order valence-electron chi connectivity index (χ3n) is 20.5. The zero-order valence-electron chi connectivity index (χ0n) is 49.4. The van der Waals surface area contributed by atoms with Crippen LogP contribution in [0, 0.1) is 45.3 Å². The molecule has 4 aliphatic carbocycles. The minimum atomic E-state index is -0.444. The number of rotatable bonds is 0. The molecule has 8 atom stereocenters. The Labute approximate surface area is 474 Å². The maximum atomic E-state index is 14.4. The first-order valence-electron chi connectivity index (χ1n) is 31.3. The van der Waals surface area contributed by atoms with Gasteiger partial charge in [-0.3, -0.25) is 19.2 Å². The van der Waals surface area contributed by atoms with Crippen LogP contribution in [0.15, 0.2) is 24.3 Å². The number of hydrogen-bond donors (Lipinski definition) is 2. The van der Waals surface area contributed by atoms with Gasteiger partial charge in [0.1, 0.15) is 0 Å². The van der Waals surface area contributed by atoms with Crippen LogP contribution in [0.5, 0.6) is 0 Å². The Morgan fingerprint density at radius 1 is 0.312 bits per heavy atom. The Bertz CT molecular complexity index is 2700. The molecule has 0 spiro atoms. The van der Waals surface area contributed by atoms with Crippen molar-refractivity contribution in [1.29, 1.82) is 0 Å². The Hall–Kier alpha value is -5.52. The van der Waals surface area contributed by atoms with Gasteiger partial charge in [-0.25, -0.2) is 9.97 Å². The fourth-order valence-electron chi connectivity index (χ4n) is 15.4. The summed E-state index contributed by atoms with van der Waals surface area (Å²) in [5, 5.41) is 0. The number of fused-ring (bicyclic) bond motifs is 16. The number of ether oxygens (including phenoxy) is 4. The molecule has 80 heavy (non-hydrogen) atoms. The van der Waals surface area contributed by atoms with Gasteiger partial charge in [-0.05, 0) is 95.9 Å². The smallest absolute Gasteiger partial charge is 0.310 e. The van der Waals surface area contributed by atoms with Crippen LogP contribution >= 0.6 is 0 Å². The summed E-state index contributed by atoms with van der Waals surface area (Å²) in [4.78, 5) is 76.5. The van der Waals surface area contributed by atoms with Gasteiger partial charge in [0.2, 0.25) is 0 Å². The molecule has 3 aromatic rings. The maximum absolute atomic E-state index is 14.4.